The third-order valence-electron chi connectivity index (χ3n) is 2.69. The molecule has 8 heteroatoms. The lowest BCUT2D eigenvalue weighted by Gasteiger charge is -2.24. The van der Waals surface area contributed by atoms with Gasteiger partial charge in [0.2, 0.25) is 10.0 Å². The fraction of sp³-hybridized carbons (Fsp3) is 0.455. The number of sulfonamides is 1. The van der Waals surface area contributed by atoms with Gasteiger partial charge in [-0.1, -0.05) is 0 Å². The van der Waals surface area contributed by atoms with Crippen LogP contribution in [-0.4, -0.2) is 37.8 Å². The lowest BCUT2D eigenvalue weighted by atomic mass is 10.3. The SMILES string of the molecule is CSCC(C)N(C)S(=O)(=O)c1c(F)cc(N)cc1F. The second kappa shape index (κ2) is 6.06. The van der Waals surface area contributed by atoms with Crippen molar-refractivity contribution in [2.75, 3.05) is 24.8 Å². The van der Waals surface area contributed by atoms with Crippen molar-refractivity contribution < 1.29 is 17.2 Å². The molecule has 2 N–H and O–H groups in total. The van der Waals surface area contributed by atoms with Crippen LogP contribution in [0.25, 0.3) is 0 Å². The molecular weight excluding hydrogens is 294 g/mol. The van der Waals surface area contributed by atoms with Gasteiger partial charge >= 0.3 is 0 Å². The summed E-state index contributed by atoms with van der Waals surface area (Å²) in [4.78, 5) is -0.961. The quantitative estimate of drug-likeness (QED) is 0.844. The highest BCUT2D eigenvalue weighted by molar-refractivity contribution is 7.98. The Bertz CT molecular complexity index is 541. The summed E-state index contributed by atoms with van der Waals surface area (Å²) < 4.78 is 52.7. The van der Waals surface area contributed by atoms with Gasteiger partial charge in [-0.05, 0) is 25.3 Å². The van der Waals surface area contributed by atoms with E-state index in [0.717, 1.165) is 16.4 Å². The predicted octanol–water partition coefficient (Wildman–Crippen LogP) is 1.92. The minimum absolute atomic E-state index is 0.159. The first-order chi connectivity index (χ1) is 8.71. The molecule has 0 amide bonds. The third kappa shape index (κ3) is 3.37. The van der Waals surface area contributed by atoms with E-state index in [1.807, 2.05) is 6.26 Å². The summed E-state index contributed by atoms with van der Waals surface area (Å²) in [6.45, 7) is 1.67. The van der Waals surface area contributed by atoms with Gasteiger partial charge in [0, 0.05) is 24.5 Å². The van der Waals surface area contributed by atoms with Crippen molar-refractivity contribution in [1.82, 2.24) is 4.31 Å². The fourth-order valence-electron chi connectivity index (χ4n) is 1.55. The first-order valence-electron chi connectivity index (χ1n) is 5.43. The monoisotopic (exact) mass is 310 g/mol. The van der Waals surface area contributed by atoms with Gasteiger partial charge in [-0.15, -0.1) is 0 Å². The molecule has 0 bridgehead atoms. The summed E-state index contributed by atoms with van der Waals surface area (Å²) in [5, 5.41) is 0. The number of hydrogen-bond acceptors (Lipinski definition) is 4. The third-order valence-corrected chi connectivity index (χ3v) is 5.53. The highest BCUT2D eigenvalue weighted by Crippen LogP contribution is 2.25. The zero-order valence-electron chi connectivity index (χ0n) is 10.9. The fourth-order valence-corrected chi connectivity index (χ4v) is 3.80. The highest BCUT2D eigenvalue weighted by atomic mass is 32.2. The van der Waals surface area contributed by atoms with Crippen molar-refractivity contribution in [3.05, 3.63) is 23.8 Å². The zero-order chi connectivity index (χ0) is 14.8. The predicted molar refractivity (Wildman–Crippen MR) is 73.6 cm³/mol. The van der Waals surface area contributed by atoms with Gasteiger partial charge < -0.3 is 5.73 Å². The van der Waals surface area contributed by atoms with E-state index < -0.39 is 26.6 Å². The van der Waals surface area contributed by atoms with Crippen LogP contribution in [0.1, 0.15) is 6.92 Å². The van der Waals surface area contributed by atoms with Crippen LogP contribution in [0.2, 0.25) is 0 Å². The largest absolute Gasteiger partial charge is 0.399 e. The molecule has 19 heavy (non-hydrogen) atoms. The van der Waals surface area contributed by atoms with Crippen molar-refractivity contribution in [2.45, 2.75) is 17.9 Å². The molecule has 1 aromatic rings. The Morgan fingerprint density at radius 3 is 2.26 bits per heavy atom. The van der Waals surface area contributed by atoms with E-state index in [1.54, 1.807) is 6.92 Å². The van der Waals surface area contributed by atoms with Crippen LogP contribution in [0.3, 0.4) is 0 Å². The number of nitrogens with two attached hydrogens (primary N) is 1. The van der Waals surface area contributed by atoms with Crippen molar-refractivity contribution >= 4 is 27.5 Å². The molecule has 1 unspecified atom stereocenters. The van der Waals surface area contributed by atoms with Crippen LogP contribution >= 0.6 is 11.8 Å². The molecule has 0 saturated carbocycles. The molecule has 1 aromatic carbocycles. The van der Waals surface area contributed by atoms with E-state index in [4.69, 9.17) is 5.73 Å². The maximum absolute atomic E-state index is 13.7. The van der Waals surface area contributed by atoms with Gasteiger partial charge in [0.05, 0.1) is 0 Å². The molecule has 1 rings (SSSR count). The van der Waals surface area contributed by atoms with Gasteiger partial charge in [-0.3, -0.25) is 0 Å². The molecule has 0 aromatic heterocycles. The van der Waals surface area contributed by atoms with Gasteiger partial charge in [-0.25, -0.2) is 17.2 Å². The van der Waals surface area contributed by atoms with Crippen LogP contribution in [0.15, 0.2) is 17.0 Å². The number of thioether (sulfide) groups is 1. The molecule has 0 saturated heterocycles. The Morgan fingerprint density at radius 1 is 1.37 bits per heavy atom. The molecule has 0 fully saturated rings. The maximum Gasteiger partial charge on any atom is 0.248 e. The van der Waals surface area contributed by atoms with Crippen molar-refractivity contribution in [3.8, 4) is 0 Å². The smallest absolute Gasteiger partial charge is 0.248 e. The maximum atomic E-state index is 13.7. The molecule has 0 spiro atoms. The van der Waals surface area contributed by atoms with E-state index >= 15 is 0 Å². The van der Waals surface area contributed by atoms with Gasteiger partial charge in [-0.2, -0.15) is 16.1 Å². The Morgan fingerprint density at radius 2 is 1.84 bits per heavy atom. The van der Waals surface area contributed by atoms with Crippen LogP contribution in [0.5, 0.6) is 0 Å². The van der Waals surface area contributed by atoms with E-state index in [0.29, 0.717) is 5.75 Å². The standard InChI is InChI=1S/C11H16F2N2O2S2/c1-7(6-18-3)15(2)19(16,17)11-9(12)4-8(14)5-10(11)13/h4-5,7H,6,14H2,1-3H3. The topological polar surface area (TPSA) is 63.4 Å². The molecule has 0 aliphatic heterocycles. The van der Waals surface area contributed by atoms with Crippen molar-refractivity contribution in [1.29, 1.82) is 0 Å². The molecule has 0 aliphatic carbocycles. The number of nitrogen functional groups attached to an aromatic ring is 1. The van der Waals surface area contributed by atoms with Crippen LogP contribution in [-0.2, 0) is 10.0 Å². The van der Waals surface area contributed by atoms with E-state index in [1.165, 1.54) is 18.8 Å². The summed E-state index contributed by atoms with van der Waals surface area (Å²) >= 11 is 1.45. The van der Waals surface area contributed by atoms with Crippen molar-refractivity contribution in [2.24, 2.45) is 0 Å². The Hall–Kier alpha value is -0.860. The number of rotatable bonds is 5. The minimum Gasteiger partial charge on any atom is -0.399 e. The average molecular weight is 310 g/mol. The molecule has 4 nitrogen and oxygen atoms in total. The Kier molecular flexibility index (Phi) is 5.17. The van der Waals surface area contributed by atoms with E-state index in [2.05, 4.69) is 0 Å². The number of nitrogens with zero attached hydrogens (tertiary/aromatic N) is 1. The molecule has 1 atom stereocenters. The second-order valence-corrected chi connectivity index (χ2v) is 6.98. The Labute approximate surface area is 116 Å². The van der Waals surface area contributed by atoms with E-state index in [9.17, 15) is 17.2 Å². The van der Waals surface area contributed by atoms with Crippen LogP contribution < -0.4 is 5.73 Å². The number of anilines is 1. The van der Waals surface area contributed by atoms with E-state index in [-0.39, 0.29) is 11.7 Å². The molecule has 0 heterocycles. The zero-order valence-corrected chi connectivity index (χ0v) is 12.5. The van der Waals surface area contributed by atoms with Gasteiger partial charge in [0.25, 0.3) is 0 Å². The average Bonchev–Trinajstić information content (AvgIpc) is 2.26. The summed E-state index contributed by atoms with van der Waals surface area (Å²) in [6.07, 6.45) is 1.82. The lowest BCUT2D eigenvalue weighted by Crippen LogP contribution is -2.37. The normalized spacial score (nSPS) is 13.8. The number of benzene rings is 1. The lowest BCUT2D eigenvalue weighted by molar-refractivity contribution is 0.405. The first-order valence-corrected chi connectivity index (χ1v) is 8.26. The van der Waals surface area contributed by atoms with Crippen LogP contribution in [0.4, 0.5) is 14.5 Å². The summed E-state index contributed by atoms with van der Waals surface area (Å²) in [5.41, 5.74) is 5.10. The molecule has 108 valence electrons. The van der Waals surface area contributed by atoms with Crippen LogP contribution in [0, 0.1) is 11.6 Å². The van der Waals surface area contributed by atoms with Gasteiger partial charge in [0.15, 0.2) is 4.90 Å². The minimum atomic E-state index is -4.22. The number of hydrogen-bond donors (Lipinski definition) is 1. The first kappa shape index (κ1) is 16.2. The molecular formula is C11H16F2N2O2S2. The summed E-state index contributed by atoms with van der Waals surface area (Å²) in [7, 11) is -2.93. The van der Waals surface area contributed by atoms with Crippen molar-refractivity contribution in [3.63, 3.8) is 0 Å². The summed E-state index contributed by atoms with van der Waals surface area (Å²) in [5.74, 6) is -1.84. The number of halogens is 2. The second-order valence-electron chi connectivity index (χ2n) is 4.14. The summed E-state index contributed by atoms with van der Waals surface area (Å²) in [6, 6.07) is 1.21. The molecule has 0 radical (unpaired) electrons. The Balaban J connectivity index is 3.28. The highest BCUT2D eigenvalue weighted by Gasteiger charge is 2.31. The molecule has 0 aliphatic rings. The van der Waals surface area contributed by atoms with Gasteiger partial charge in [0.1, 0.15) is 11.6 Å².